The minimum absolute atomic E-state index is 0.136. The van der Waals surface area contributed by atoms with Gasteiger partial charge in [0, 0.05) is 21.7 Å². The molecule has 0 N–H and O–H groups in total. The van der Waals surface area contributed by atoms with E-state index in [-0.39, 0.29) is 12.4 Å². The molecule has 0 unspecified atom stereocenters. The molecule has 4 rings (SSSR count). The fourth-order valence-corrected chi connectivity index (χ4v) is 4.48. The summed E-state index contributed by atoms with van der Waals surface area (Å²) in [4.78, 5) is 29.9. The number of aromatic nitrogens is 2. The number of thiazole rings is 1. The van der Waals surface area contributed by atoms with Gasteiger partial charge in [-0.3, -0.25) is 14.0 Å². The maximum atomic E-state index is 12.0. The van der Waals surface area contributed by atoms with Gasteiger partial charge in [-0.25, -0.2) is 4.98 Å². The summed E-state index contributed by atoms with van der Waals surface area (Å²) in [7, 11) is 0. The first-order valence-electron chi connectivity index (χ1n) is 10.1. The number of rotatable bonds is 8. The number of fused-ring (bicyclic) bond motifs is 1. The first kappa shape index (κ1) is 22.0. The van der Waals surface area contributed by atoms with E-state index in [1.54, 1.807) is 23.6 Å². The van der Waals surface area contributed by atoms with Gasteiger partial charge in [0.2, 0.25) is 0 Å². The molecular weight excluding hydrogens is 448 g/mol. The summed E-state index contributed by atoms with van der Waals surface area (Å²) in [5.74, 6) is 0.281. The van der Waals surface area contributed by atoms with Gasteiger partial charge >= 0.3 is 5.97 Å². The maximum Gasteiger partial charge on any atom is 0.311 e. The quantitative estimate of drug-likeness (QED) is 0.251. The third-order valence-electron chi connectivity index (χ3n) is 4.90. The molecule has 0 saturated carbocycles. The Morgan fingerprint density at radius 1 is 1.25 bits per heavy atom. The summed E-state index contributed by atoms with van der Waals surface area (Å²) >= 11 is 7.74. The molecule has 0 radical (unpaired) electrons. The van der Waals surface area contributed by atoms with Crippen molar-refractivity contribution in [2.45, 2.75) is 26.9 Å². The van der Waals surface area contributed by atoms with E-state index < -0.39 is 0 Å². The second kappa shape index (κ2) is 9.54. The number of imidazole rings is 1. The molecule has 0 bridgehead atoms. The van der Waals surface area contributed by atoms with Gasteiger partial charge in [0.15, 0.2) is 11.2 Å². The van der Waals surface area contributed by atoms with Gasteiger partial charge in [0.05, 0.1) is 13.0 Å². The predicted molar refractivity (Wildman–Crippen MR) is 125 cm³/mol. The minimum Gasteiger partial charge on any atom is -0.488 e. The second-order valence-electron chi connectivity index (χ2n) is 7.17. The molecule has 4 aromatic rings. The first-order chi connectivity index (χ1) is 15.5. The van der Waals surface area contributed by atoms with Crippen molar-refractivity contribution in [3.05, 3.63) is 75.4 Å². The molecule has 164 valence electrons. The lowest BCUT2D eigenvalue weighted by Gasteiger charge is -2.13. The highest BCUT2D eigenvalue weighted by atomic mass is 35.5. The van der Waals surface area contributed by atoms with Crippen LogP contribution >= 0.6 is 22.9 Å². The third kappa shape index (κ3) is 4.54. The van der Waals surface area contributed by atoms with Gasteiger partial charge in [-0.05, 0) is 37.1 Å². The Balaban J connectivity index is 1.72. The molecule has 2 aromatic carbocycles. The number of esters is 1. The number of carbonyl (C=O) groups excluding carboxylic acids is 2. The smallest absolute Gasteiger partial charge is 0.311 e. The third-order valence-corrected chi connectivity index (χ3v) is 6.29. The van der Waals surface area contributed by atoms with Gasteiger partial charge in [-0.2, -0.15) is 0 Å². The monoisotopic (exact) mass is 468 g/mol. The summed E-state index contributed by atoms with van der Waals surface area (Å²) in [6.45, 7) is 4.36. The summed E-state index contributed by atoms with van der Waals surface area (Å²) in [6, 6.07) is 13.5. The molecule has 0 fully saturated rings. The average Bonchev–Trinajstić information content (AvgIpc) is 3.31. The van der Waals surface area contributed by atoms with Gasteiger partial charge < -0.3 is 9.47 Å². The number of aryl methyl sites for hydroxylation is 1. The van der Waals surface area contributed by atoms with Crippen LogP contribution in [0.25, 0.3) is 16.2 Å². The molecule has 0 aliphatic carbocycles. The molecule has 8 heteroatoms. The lowest BCUT2D eigenvalue weighted by atomic mass is 10.1. The Labute approximate surface area is 194 Å². The van der Waals surface area contributed by atoms with Crippen molar-refractivity contribution < 1.29 is 19.1 Å². The van der Waals surface area contributed by atoms with Crippen molar-refractivity contribution in [3.63, 3.8) is 0 Å². The van der Waals surface area contributed by atoms with Gasteiger partial charge in [-0.15, -0.1) is 11.3 Å². The minimum atomic E-state index is -0.313. The first-order valence-corrected chi connectivity index (χ1v) is 11.3. The van der Waals surface area contributed by atoms with Crippen molar-refractivity contribution in [2.75, 3.05) is 6.61 Å². The summed E-state index contributed by atoms with van der Waals surface area (Å²) < 4.78 is 12.8. The molecule has 0 saturated heterocycles. The number of halogens is 1. The maximum absolute atomic E-state index is 12.0. The predicted octanol–water partition coefficient (Wildman–Crippen LogP) is 5.52. The average molecular weight is 469 g/mol. The van der Waals surface area contributed by atoms with E-state index in [0.29, 0.717) is 45.9 Å². The molecule has 2 aromatic heterocycles. The molecule has 32 heavy (non-hydrogen) atoms. The number of hydrogen-bond acceptors (Lipinski definition) is 6. The van der Waals surface area contributed by atoms with Crippen LogP contribution < -0.4 is 4.74 Å². The zero-order chi connectivity index (χ0) is 22.7. The zero-order valence-electron chi connectivity index (χ0n) is 17.6. The normalized spacial score (nSPS) is 11.0. The van der Waals surface area contributed by atoms with Crippen LogP contribution in [0.2, 0.25) is 5.02 Å². The number of benzene rings is 2. The highest BCUT2D eigenvalue weighted by Crippen LogP contribution is 2.37. The fourth-order valence-electron chi connectivity index (χ4n) is 3.35. The number of ether oxygens (including phenoxy) is 2. The van der Waals surface area contributed by atoms with E-state index in [9.17, 15) is 9.59 Å². The largest absolute Gasteiger partial charge is 0.488 e. The Morgan fingerprint density at radius 2 is 2.03 bits per heavy atom. The number of hydrogen-bond donors (Lipinski definition) is 0. The molecule has 0 aliphatic heterocycles. The van der Waals surface area contributed by atoms with E-state index >= 15 is 0 Å². The van der Waals surface area contributed by atoms with E-state index in [2.05, 4.69) is 4.98 Å². The van der Waals surface area contributed by atoms with E-state index in [4.69, 9.17) is 21.1 Å². The Hall–Kier alpha value is -3.16. The van der Waals surface area contributed by atoms with Crippen LogP contribution in [0.4, 0.5) is 0 Å². The van der Waals surface area contributed by atoms with Gasteiger partial charge in [0.1, 0.15) is 23.7 Å². The number of nitrogens with zero attached hydrogens (tertiary/aromatic N) is 2. The molecule has 0 amide bonds. The topological polar surface area (TPSA) is 69.9 Å². The van der Waals surface area contributed by atoms with Crippen molar-refractivity contribution in [3.8, 4) is 17.0 Å². The summed E-state index contributed by atoms with van der Waals surface area (Å²) in [6.07, 6.45) is 2.64. The van der Waals surface area contributed by atoms with Crippen LogP contribution in [0.15, 0.2) is 48.7 Å². The fraction of sp³-hybridized carbons (Fsp3) is 0.208. The van der Waals surface area contributed by atoms with Crippen LogP contribution in [-0.4, -0.2) is 28.2 Å². The Bertz CT molecular complexity index is 1280. The van der Waals surface area contributed by atoms with Crippen molar-refractivity contribution in [2.24, 2.45) is 0 Å². The molecule has 0 aliphatic rings. The van der Waals surface area contributed by atoms with Crippen molar-refractivity contribution >= 4 is 40.2 Å². The van der Waals surface area contributed by atoms with E-state index in [1.807, 2.05) is 43.3 Å². The lowest BCUT2D eigenvalue weighted by Crippen LogP contribution is -2.06. The van der Waals surface area contributed by atoms with Crippen LogP contribution in [-0.2, 0) is 22.6 Å². The number of aldehydes is 1. The summed E-state index contributed by atoms with van der Waals surface area (Å²) in [5, 5.41) is 0.559. The van der Waals surface area contributed by atoms with Crippen LogP contribution in [0.3, 0.4) is 0 Å². The van der Waals surface area contributed by atoms with E-state index in [1.165, 1.54) is 11.3 Å². The van der Waals surface area contributed by atoms with Gasteiger partial charge in [0.25, 0.3) is 0 Å². The van der Waals surface area contributed by atoms with Crippen LogP contribution in [0.5, 0.6) is 5.75 Å². The molecule has 0 atom stereocenters. The van der Waals surface area contributed by atoms with Gasteiger partial charge in [-0.1, -0.05) is 41.9 Å². The van der Waals surface area contributed by atoms with E-state index in [0.717, 1.165) is 22.3 Å². The Morgan fingerprint density at radius 3 is 2.75 bits per heavy atom. The number of carbonyl (C=O) groups is 2. The molecule has 6 nitrogen and oxygen atoms in total. The van der Waals surface area contributed by atoms with Crippen LogP contribution in [0, 0.1) is 6.92 Å². The lowest BCUT2D eigenvalue weighted by molar-refractivity contribution is -0.142. The standard InChI is InChI=1S/C24H21ClN2O4S/c1-3-30-22(29)10-17-12-27-20(13-28)23(26-24(27)32-17)18-11-19(25)15(2)9-21(18)31-14-16-7-5-4-6-8-16/h4-9,11-13H,3,10,14H2,1-2H3. The molecular formula is C24H21ClN2O4S. The Kier molecular flexibility index (Phi) is 6.58. The SMILES string of the molecule is CCOC(=O)Cc1cn2c(C=O)c(-c3cc(Cl)c(C)cc3OCc3ccccc3)nc2s1. The highest BCUT2D eigenvalue weighted by Gasteiger charge is 2.21. The molecule has 2 heterocycles. The second-order valence-corrected chi connectivity index (χ2v) is 8.67. The zero-order valence-corrected chi connectivity index (χ0v) is 19.2. The van der Waals surface area contributed by atoms with Crippen molar-refractivity contribution in [1.82, 2.24) is 9.38 Å². The van der Waals surface area contributed by atoms with Crippen molar-refractivity contribution in [1.29, 1.82) is 0 Å². The summed E-state index contributed by atoms with van der Waals surface area (Å²) in [5.41, 5.74) is 3.39. The highest BCUT2D eigenvalue weighted by molar-refractivity contribution is 7.17. The molecule has 0 spiro atoms. The van der Waals surface area contributed by atoms with Crippen LogP contribution in [0.1, 0.15) is 33.4 Å².